The summed E-state index contributed by atoms with van der Waals surface area (Å²) in [5, 5.41) is 4.01. The third kappa shape index (κ3) is 7.28. The number of fused-ring (bicyclic) bond motifs is 1. The van der Waals surface area contributed by atoms with Gasteiger partial charge in [-0.3, -0.25) is 0 Å². The molecule has 0 aromatic carbocycles. The average molecular weight is 399 g/mol. The molecule has 0 fully saturated rings. The van der Waals surface area contributed by atoms with Crippen LogP contribution in [0.5, 0.6) is 11.5 Å². The van der Waals surface area contributed by atoms with E-state index in [-0.39, 0.29) is 5.41 Å². The minimum absolute atomic E-state index is 0.257. The van der Waals surface area contributed by atoms with Gasteiger partial charge in [0.15, 0.2) is 11.5 Å². The van der Waals surface area contributed by atoms with E-state index in [4.69, 9.17) is 18.9 Å². The van der Waals surface area contributed by atoms with Crippen molar-refractivity contribution < 1.29 is 18.9 Å². The van der Waals surface area contributed by atoms with Gasteiger partial charge in [0.1, 0.15) is 13.2 Å². The highest BCUT2D eigenvalue weighted by Crippen LogP contribution is 2.37. The molecule has 0 saturated heterocycles. The Labute approximate surface area is 169 Å². The van der Waals surface area contributed by atoms with E-state index in [1.54, 1.807) is 11.3 Å². The first kappa shape index (κ1) is 22.5. The van der Waals surface area contributed by atoms with Crippen molar-refractivity contribution in [2.24, 2.45) is 17.3 Å². The second-order valence-corrected chi connectivity index (χ2v) is 8.88. The number of rotatable bonds is 13. The molecule has 2 unspecified atom stereocenters. The first-order valence-electron chi connectivity index (χ1n) is 10.6. The number of hydrogen-bond acceptors (Lipinski definition) is 5. The molecule has 2 rings (SSSR count). The Kier molecular flexibility index (Phi) is 9.94. The first-order chi connectivity index (χ1) is 13.1. The van der Waals surface area contributed by atoms with Gasteiger partial charge < -0.3 is 18.9 Å². The lowest BCUT2D eigenvalue weighted by molar-refractivity contribution is -0.0703. The van der Waals surface area contributed by atoms with Crippen molar-refractivity contribution in [1.82, 2.24) is 0 Å². The Morgan fingerprint density at radius 1 is 1.00 bits per heavy atom. The fraction of sp³-hybridized carbons (Fsp3) is 0.818. The normalized spacial score (nSPS) is 18.1. The van der Waals surface area contributed by atoms with Crippen molar-refractivity contribution in [3.05, 3.63) is 10.8 Å². The molecule has 1 aliphatic rings. The van der Waals surface area contributed by atoms with Crippen LogP contribution in [-0.4, -0.2) is 39.6 Å². The lowest BCUT2D eigenvalue weighted by Crippen LogP contribution is -2.43. The molecular formula is C22H38O4S. The molecule has 5 heteroatoms. The van der Waals surface area contributed by atoms with E-state index in [1.807, 2.05) is 10.8 Å². The van der Waals surface area contributed by atoms with E-state index in [1.165, 1.54) is 25.7 Å². The Morgan fingerprint density at radius 3 is 2.19 bits per heavy atom. The molecule has 2 atom stereocenters. The van der Waals surface area contributed by atoms with Crippen molar-refractivity contribution >= 4 is 11.3 Å². The monoisotopic (exact) mass is 398 g/mol. The minimum atomic E-state index is -0.257. The van der Waals surface area contributed by atoms with E-state index < -0.39 is 0 Å². The highest BCUT2D eigenvalue weighted by molar-refractivity contribution is 7.08. The van der Waals surface area contributed by atoms with E-state index in [9.17, 15) is 0 Å². The van der Waals surface area contributed by atoms with Gasteiger partial charge in [-0.1, -0.05) is 53.4 Å². The van der Waals surface area contributed by atoms with Crippen LogP contribution in [0.2, 0.25) is 0 Å². The van der Waals surface area contributed by atoms with Crippen molar-refractivity contribution in [2.75, 3.05) is 39.6 Å². The Balaban J connectivity index is 1.91. The summed E-state index contributed by atoms with van der Waals surface area (Å²) >= 11 is 1.61. The first-order valence-corrected chi connectivity index (χ1v) is 11.5. The molecule has 1 aromatic heterocycles. The van der Waals surface area contributed by atoms with Crippen molar-refractivity contribution in [2.45, 2.75) is 59.8 Å². The molecule has 0 aliphatic carbocycles. The fourth-order valence-electron chi connectivity index (χ4n) is 3.13. The maximum absolute atomic E-state index is 6.20. The molecular weight excluding hydrogens is 360 g/mol. The van der Waals surface area contributed by atoms with Crippen molar-refractivity contribution in [3.63, 3.8) is 0 Å². The van der Waals surface area contributed by atoms with Crippen LogP contribution in [0.25, 0.3) is 0 Å². The van der Waals surface area contributed by atoms with Crippen LogP contribution in [0.3, 0.4) is 0 Å². The molecule has 1 aromatic rings. The van der Waals surface area contributed by atoms with Gasteiger partial charge >= 0.3 is 0 Å². The fourth-order valence-corrected chi connectivity index (χ4v) is 3.81. The summed E-state index contributed by atoms with van der Waals surface area (Å²) in [4.78, 5) is 0. The van der Waals surface area contributed by atoms with E-state index in [2.05, 4.69) is 27.7 Å². The summed E-state index contributed by atoms with van der Waals surface area (Å²) in [7, 11) is 0. The summed E-state index contributed by atoms with van der Waals surface area (Å²) < 4.78 is 24.4. The number of thiophene rings is 1. The number of ether oxygens (including phenoxy) is 4. The lowest BCUT2D eigenvalue weighted by Gasteiger charge is -2.31. The van der Waals surface area contributed by atoms with Crippen LogP contribution >= 0.6 is 11.3 Å². The molecule has 0 saturated carbocycles. The molecule has 27 heavy (non-hydrogen) atoms. The number of unbranched alkanes of at least 4 members (excludes halogenated alkanes) is 1. The third-order valence-corrected chi connectivity index (χ3v) is 6.17. The molecule has 0 amide bonds. The molecule has 0 bridgehead atoms. The van der Waals surface area contributed by atoms with Gasteiger partial charge in [0.05, 0.1) is 18.6 Å². The zero-order valence-corrected chi connectivity index (χ0v) is 18.4. The van der Waals surface area contributed by atoms with Crippen LogP contribution in [0.15, 0.2) is 10.8 Å². The van der Waals surface area contributed by atoms with Gasteiger partial charge in [0, 0.05) is 24.0 Å². The van der Waals surface area contributed by atoms with Gasteiger partial charge in [0.2, 0.25) is 0 Å². The van der Waals surface area contributed by atoms with E-state index in [0.29, 0.717) is 38.3 Å². The Morgan fingerprint density at radius 2 is 1.63 bits per heavy atom. The van der Waals surface area contributed by atoms with Crippen LogP contribution in [0.4, 0.5) is 0 Å². The van der Waals surface area contributed by atoms with E-state index in [0.717, 1.165) is 31.1 Å². The SMILES string of the molecule is CCCCC(CC)COCC1(COCC(C)CC)COc2cscc2OC1. The maximum Gasteiger partial charge on any atom is 0.171 e. The summed E-state index contributed by atoms with van der Waals surface area (Å²) in [5.41, 5.74) is -0.257. The second kappa shape index (κ2) is 11.9. The molecule has 1 aliphatic heterocycles. The minimum Gasteiger partial charge on any atom is -0.488 e. The van der Waals surface area contributed by atoms with Gasteiger partial charge in [-0.2, -0.15) is 0 Å². The topological polar surface area (TPSA) is 36.9 Å². The summed E-state index contributed by atoms with van der Waals surface area (Å²) in [6.45, 7) is 12.9. The van der Waals surface area contributed by atoms with Crippen LogP contribution < -0.4 is 9.47 Å². The standard InChI is InChI=1S/C22H38O4S/c1-5-8-9-19(7-3)11-24-15-22(14-23-10-18(4)6-2)16-25-20-12-27-13-21(20)26-17-22/h12-13,18-19H,5-11,14-17H2,1-4H3. The molecule has 4 nitrogen and oxygen atoms in total. The zero-order chi connectivity index (χ0) is 19.5. The quantitative estimate of drug-likeness (QED) is 0.421. The molecule has 0 spiro atoms. The Hall–Kier alpha value is -0.780. The lowest BCUT2D eigenvalue weighted by atomic mass is 9.92. The summed E-state index contributed by atoms with van der Waals surface area (Å²) in [6.07, 6.45) is 6.06. The smallest absolute Gasteiger partial charge is 0.171 e. The molecule has 156 valence electrons. The van der Waals surface area contributed by atoms with Crippen LogP contribution in [0.1, 0.15) is 59.8 Å². The Bertz CT molecular complexity index is 494. The molecule has 2 heterocycles. The van der Waals surface area contributed by atoms with Gasteiger partial charge in [-0.15, -0.1) is 11.3 Å². The molecule has 0 radical (unpaired) electrons. The van der Waals surface area contributed by atoms with Crippen molar-refractivity contribution in [3.8, 4) is 11.5 Å². The average Bonchev–Trinajstić information content (AvgIpc) is 3.07. The summed E-state index contributed by atoms with van der Waals surface area (Å²) in [5.74, 6) is 2.89. The van der Waals surface area contributed by atoms with Gasteiger partial charge in [-0.05, 0) is 18.3 Å². The van der Waals surface area contributed by atoms with Crippen LogP contribution in [0, 0.1) is 17.3 Å². The highest BCUT2D eigenvalue weighted by atomic mass is 32.1. The van der Waals surface area contributed by atoms with Crippen molar-refractivity contribution in [1.29, 1.82) is 0 Å². The van der Waals surface area contributed by atoms with Crippen LogP contribution in [-0.2, 0) is 9.47 Å². The summed E-state index contributed by atoms with van der Waals surface area (Å²) in [6, 6.07) is 0. The molecule has 0 N–H and O–H groups in total. The van der Waals surface area contributed by atoms with Gasteiger partial charge in [-0.25, -0.2) is 0 Å². The predicted molar refractivity (Wildman–Crippen MR) is 112 cm³/mol. The largest absolute Gasteiger partial charge is 0.488 e. The third-order valence-electron chi connectivity index (χ3n) is 5.47. The second-order valence-electron chi connectivity index (χ2n) is 8.14. The maximum atomic E-state index is 6.20. The highest BCUT2D eigenvalue weighted by Gasteiger charge is 2.37. The predicted octanol–water partition coefficient (Wildman–Crippen LogP) is 5.80. The van der Waals surface area contributed by atoms with E-state index >= 15 is 0 Å². The zero-order valence-electron chi connectivity index (χ0n) is 17.6. The number of hydrogen-bond donors (Lipinski definition) is 0. The van der Waals surface area contributed by atoms with Gasteiger partial charge in [0.25, 0.3) is 0 Å².